The molecule has 0 unspecified atom stereocenters. The largest absolute Gasteiger partial charge is 0.333 e. The number of H-pyrrole nitrogens is 1. The first kappa shape index (κ1) is 17.4. The summed E-state index contributed by atoms with van der Waals surface area (Å²) in [7, 11) is 0. The first-order chi connectivity index (χ1) is 11.9. The summed E-state index contributed by atoms with van der Waals surface area (Å²) in [6.45, 7) is 4.21. The predicted octanol–water partition coefficient (Wildman–Crippen LogP) is 4.70. The molecule has 0 aliphatic heterocycles. The van der Waals surface area contributed by atoms with Crippen LogP contribution < -0.4 is 5.32 Å². The lowest BCUT2D eigenvalue weighted by Gasteiger charge is -2.08. The van der Waals surface area contributed by atoms with E-state index in [0.29, 0.717) is 22.1 Å². The van der Waals surface area contributed by atoms with Gasteiger partial charge in [-0.2, -0.15) is 0 Å². The number of anilines is 1. The van der Waals surface area contributed by atoms with Gasteiger partial charge in [-0.1, -0.05) is 37.7 Å². The van der Waals surface area contributed by atoms with Crippen molar-refractivity contribution in [3.05, 3.63) is 53.6 Å². The number of carbonyl (C=O) groups excluding carboxylic acids is 1. The molecule has 1 aromatic heterocycles. The average Bonchev–Trinajstić information content (AvgIpc) is 2.95. The predicted molar refractivity (Wildman–Crippen MR) is 95.9 cm³/mol. The molecule has 0 saturated carbocycles. The van der Waals surface area contributed by atoms with Gasteiger partial charge in [0, 0.05) is 17.8 Å². The highest BCUT2D eigenvalue weighted by Gasteiger charge is 2.11. The zero-order chi connectivity index (χ0) is 18.0. The number of nitrogens with one attached hydrogen (secondary N) is 2. The molecule has 2 N–H and O–H groups in total. The summed E-state index contributed by atoms with van der Waals surface area (Å²) in [6, 6.07) is 9.78. The van der Waals surface area contributed by atoms with E-state index in [1.54, 1.807) is 0 Å². The lowest BCUT2D eigenvalue weighted by atomic mass is 10.0. The first-order valence-electron chi connectivity index (χ1n) is 7.80. The van der Waals surface area contributed by atoms with Crippen molar-refractivity contribution in [3.8, 4) is 0 Å². The molecule has 1 heterocycles. The summed E-state index contributed by atoms with van der Waals surface area (Å²) < 4.78 is 26.4. The van der Waals surface area contributed by atoms with E-state index in [1.807, 2.05) is 24.3 Å². The number of thioether (sulfide) groups is 1. The van der Waals surface area contributed by atoms with Crippen molar-refractivity contribution in [1.82, 2.24) is 9.97 Å². The second-order valence-electron chi connectivity index (χ2n) is 5.94. The molecule has 0 saturated heterocycles. The Morgan fingerprint density at radius 2 is 1.88 bits per heavy atom. The van der Waals surface area contributed by atoms with Crippen molar-refractivity contribution < 1.29 is 13.6 Å². The second kappa shape index (κ2) is 7.23. The van der Waals surface area contributed by atoms with Gasteiger partial charge in [-0.15, -0.1) is 0 Å². The lowest BCUT2D eigenvalue weighted by molar-refractivity contribution is -0.113. The summed E-state index contributed by atoms with van der Waals surface area (Å²) >= 11 is 1.17. The normalized spacial score (nSPS) is 11.2. The van der Waals surface area contributed by atoms with Crippen LogP contribution in [0.5, 0.6) is 0 Å². The highest BCUT2D eigenvalue weighted by atomic mass is 32.2. The Hall–Kier alpha value is -2.41. The van der Waals surface area contributed by atoms with Crippen molar-refractivity contribution in [1.29, 1.82) is 0 Å². The number of carbonyl (C=O) groups is 1. The molecule has 3 aromatic rings. The quantitative estimate of drug-likeness (QED) is 0.648. The fraction of sp³-hybridized carbons (Fsp3) is 0.222. The van der Waals surface area contributed by atoms with Crippen LogP contribution in [0.4, 0.5) is 14.5 Å². The number of hydrogen-bond donors (Lipinski definition) is 2. The van der Waals surface area contributed by atoms with Crippen molar-refractivity contribution in [3.63, 3.8) is 0 Å². The third-order valence-corrected chi connectivity index (χ3v) is 4.58. The molecule has 7 heteroatoms. The topological polar surface area (TPSA) is 57.8 Å². The van der Waals surface area contributed by atoms with Crippen LogP contribution in [0.2, 0.25) is 0 Å². The average molecular weight is 361 g/mol. The van der Waals surface area contributed by atoms with Gasteiger partial charge in [0.05, 0.1) is 16.8 Å². The molecule has 0 atom stereocenters. The molecular formula is C18H17F2N3OS. The van der Waals surface area contributed by atoms with Crippen LogP contribution in [0.25, 0.3) is 11.0 Å². The molecule has 0 spiro atoms. The molecule has 0 bridgehead atoms. The number of halogens is 2. The molecule has 1 amide bonds. The van der Waals surface area contributed by atoms with Crippen LogP contribution in [0.1, 0.15) is 25.3 Å². The minimum absolute atomic E-state index is 0.136. The summed E-state index contributed by atoms with van der Waals surface area (Å²) in [4.78, 5) is 19.0. The minimum atomic E-state index is -0.946. The van der Waals surface area contributed by atoms with E-state index in [4.69, 9.17) is 0 Å². The van der Waals surface area contributed by atoms with E-state index < -0.39 is 11.6 Å². The standard InChI is InChI=1S/C18H17F2N3OS/c1-10(2)11-3-5-12(6-4-11)21-17(24)9-25-18-22-15-7-13(19)14(20)8-16(15)23-18/h3-8,10H,9H2,1-2H3,(H,21,24)(H,22,23). The van der Waals surface area contributed by atoms with E-state index in [-0.39, 0.29) is 11.7 Å². The number of amides is 1. The molecule has 25 heavy (non-hydrogen) atoms. The van der Waals surface area contributed by atoms with Crippen LogP contribution in [0, 0.1) is 11.6 Å². The van der Waals surface area contributed by atoms with Crippen LogP contribution in [-0.4, -0.2) is 21.6 Å². The van der Waals surface area contributed by atoms with E-state index in [2.05, 4.69) is 29.1 Å². The van der Waals surface area contributed by atoms with Gasteiger partial charge >= 0.3 is 0 Å². The van der Waals surface area contributed by atoms with E-state index in [9.17, 15) is 13.6 Å². The Kier molecular flexibility index (Phi) is 5.03. The molecule has 0 aliphatic rings. The Labute approximate surface area is 148 Å². The van der Waals surface area contributed by atoms with E-state index in [1.165, 1.54) is 17.3 Å². The maximum atomic E-state index is 13.2. The molecule has 0 radical (unpaired) electrons. The van der Waals surface area contributed by atoms with Gasteiger partial charge < -0.3 is 10.3 Å². The van der Waals surface area contributed by atoms with Crippen LogP contribution in [0.3, 0.4) is 0 Å². The van der Waals surface area contributed by atoms with Crippen molar-refractivity contribution >= 4 is 34.4 Å². The molecule has 0 fully saturated rings. The third-order valence-electron chi connectivity index (χ3n) is 3.70. The summed E-state index contributed by atoms with van der Waals surface area (Å²) in [5.41, 5.74) is 2.65. The minimum Gasteiger partial charge on any atom is -0.333 e. The third kappa shape index (κ3) is 4.17. The molecule has 2 aromatic carbocycles. The van der Waals surface area contributed by atoms with Gasteiger partial charge in [-0.3, -0.25) is 4.79 Å². The number of benzene rings is 2. The van der Waals surface area contributed by atoms with Gasteiger partial charge in [-0.25, -0.2) is 13.8 Å². The Morgan fingerprint density at radius 1 is 1.20 bits per heavy atom. The van der Waals surface area contributed by atoms with Crippen LogP contribution in [0.15, 0.2) is 41.6 Å². The Morgan fingerprint density at radius 3 is 2.56 bits per heavy atom. The number of hydrogen-bond acceptors (Lipinski definition) is 3. The monoisotopic (exact) mass is 361 g/mol. The maximum Gasteiger partial charge on any atom is 0.234 e. The Balaban J connectivity index is 1.60. The fourth-order valence-electron chi connectivity index (χ4n) is 2.33. The van der Waals surface area contributed by atoms with Crippen molar-refractivity contribution in [2.45, 2.75) is 24.9 Å². The zero-order valence-electron chi connectivity index (χ0n) is 13.8. The number of imidazole rings is 1. The summed E-state index contributed by atoms with van der Waals surface area (Å²) in [6.07, 6.45) is 0. The summed E-state index contributed by atoms with van der Waals surface area (Å²) in [5.74, 6) is -1.49. The second-order valence-corrected chi connectivity index (χ2v) is 6.90. The van der Waals surface area contributed by atoms with Gasteiger partial charge in [0.1, 0.15) is 0 Å². The molecule has 130 valence electrons. The lowest BCUT2D eigenvalue weighted by Crippen LogP contribution is -2.14. The SMILES string of the molecule is CC(C)c1ccc(NC(=O)CSc2nc3cc(F)c(F)cc3[nH]2)cc1. The van der Waals surface area contributed by atoms with Gasteiger partial charge in [-0.05, 0) is 23.6 Å². The fourth-order valence-corrected chi connectivity index (χ4v) is 3.02. The summed E-state index contributed by atoms with van der Waals surface area (Å²) in [5, 5.41) is 3.24. The number of nitrogens with zero attached hydrogens (tertiary/aromatic N) is 1. The molecule has 3 rings (SSSR count). The number of rotatable bonds is 5. The zero-order valence-corrected chi connectivity index (χ0v) is 14.6. The van der Waals surface area contributed by atoms with Gasteiger partial charge in [0.2, 0.25) is 5.91 Å². The van der Waals surface area contributed by atoms with Gasteiger partial charge in [0.15, 0.2) is 16.8 Å². The maximum absolute atomic E-state index is 13.2. The van der Waals surface area contributed by atoms with E-state index in [0.717, 1.165) is 17.8 Å². The highest BCUT2D eigenvalue weighted by molar-refractivity contribution is 7.99. The van der Waals surface area contributed by atoms with Crippen LogP contribution in [-0.2, 0) is 4.79 Å². The molecular weight excluding hydrogens is 344 g/mol. The van der Waals surface area contributed by atoms with Crippen molar-refractivity contribution in [2.75, 3.05) is 11.1 Å². The first-order valence-corrected chi connectivity index (χ1v) is 8.78. The van der Waals surface area contributed by atoms with Crippen molar-refractivity contribution in [2.24, 2.45) is 0 Å². The number of fused-ring (bicyclic) bond motifs is 1. The molecule has 0 aliphatic carbocycles. The van der Waals surface area contributed by atoms with E-state index >= 15 is 0 Å². The van der Waals surface area contributed by atoms with Gasteiger partial charge in [0.25, 0.3) is 0 Å². The molecule has 4 nitrogen and oxygen atoms in total. The number of aromatic amines is 1. The van der Waals surface area contributed by atoms with Crippen LogP contribution >= 0.6 is 11.8 Å². The Bertz CT molecular complexity index is 868. The highest BCUT2D eigenvalue weighted by Crippen LogP contribution is 2.22. The smallest absolute Gasteiger partial charge is 0.234 e. The number of aromatic nitrogens is 2.